The minimum atomic E-state index is -4.41. The van der Waals surface area contributed by atoms with E-state index in [1.165, 1.54) is 25.0 Å². The lowest BCUT2D eigenvalue weighted by Crippen LogP contribution is -2.44. The van der Waals surface area contributed by atoms with E-state index >= 15 is 0 Å². The fraction of sp³-hybridized carbons (Fsp3) is 0.600. The molecule has 2 aliphatic heterocycles. The first-order valence-electron chi connectivity index (χ1n) is 9.61. The van der Waals surface area contributed by atoms with E-state index in [4.69, 9.17) is 0 Å². The SMILES string of the molecule is O=C(c1ccc(C(F)(F)F)cc1)N1CCC(C(=O)N2CCCCCC2)CC1. The van der Waals surface area contributed by atoms with Gasteiger partial charge in [0.05, 0.1) is 5.56 Å². The zero-order valence-electron chi connectivity index (χ0n) is 15.3. The van der Waals surface area contributed by atoms with Gasteiger partial charge in [0.2, 0.25) is 5.91 Å². The second-order valence-electron chi connectivity index (χ2n) is 7.38. The van der Waals surface area contributed by atoms with Crippen LogP contribution < -0.4 is 0 Å². The number of carbonyl (C=O) groups is 2. The van der Waals surface area contributed by atoms with Crippen molar-refractivity contribution < 1.29 is 22.8 Å². The largest absolute Gasteiger partial charge is 0.416 e. The van der Waals surface area contributed by atoms with Crippen molar-refractivity contribution in [1.29, 1.82) is 0 Å². The standard InChI is InChI=1S/C20H25F3N2O2/c21-20(22,23)17-7-5-15(6-8-17)18(26)25-13-9-16(10-14-25)19(27)24-11-3-1-2-4-12-24/h5-8,16H,1-4,9-14H2. The number of benzene rings is 1. The highest BCUT2D eigenvalue weighted by Gasteiger charge is 2.32. The summed E-state index contributed by atoms with van der Waals surface area (Å²) in [6.45, 7) is 2.57. The summed E-state index contributed by atoms with van der Waals surface area (Å²) >= 11 is 0. The van der Waals surface area contributed by atoms with Gasteiger partial charge in [0, 0.05) is 37.7 Å². The minimum absolute atomic E-state index is 0.0558. The van der Waals surface area contributed by atoms with E-state index in [2.05, 4.69) is 0 Å². The van der Waals surface area contributed by atoms with Crippen molar-refractivity contribution in [2.45, 2.75) is 44.7 Å². The van der Waals surface area contributed by atoms with Crippen molar-refractivity contribution in [3.05, 3.63) is 35.4 Å². The topological polar surface area (TPSA) is 40.6 Å². The van der Waals surface area contributed by atoms with Crippen molar-refractivity contribution >= 4 is 11.8 Å². The molecule has 2 amide bonds. The smallest absolute Gasteiger partial charge is 0.342 e. The van der Waals surface area contributed by atoms with Gasteiger partial charge in [-0.15, -0.1) is 0 Å². The number of likely N-dealkylation sites (tertiary alicyclic amines) is 2. The highest BCUT2D eigenvalue weighted by Crippen LogP contribution is 2.29. The Hall–Kier alpha value is -2.05. The van der Waals surface area contributed by atoms with Crippen LogP contribution >= 0.6 is 0 Å². The lowest BCUT2D eigenvalue weighted by atomic mass is 9.94. The number of nitrogens with zero attached hydrogens (tertiary/aromatic N) is 2. The summed E-state index contributed by atoms with van der Waals surface area (Å²) in [4.78, 5) is 28.8. The third-order valence-corrected chi connectivity index (χ3v) is 5.51. The first kappa shape index (κ1) is 19.7. The van der Waals surface area contributed by atoms with Gasteiger partial charge in [0.25, 0.3) is 5.91 Å². The van der Waals surface area contributed by atoms with Crippen LogP contribution in [-0.4, -0.2) is 47.8 Å². The number of alkyl halides is 3. The third-order valence-electron chi connectivity index (χ3n) is 5.51. The Morgan fingerprint density at radius 3 is 1.89 bits per heavy atom. The molecule has 2 saturated heterocycles. The van der Waals surface area contributed by atoms with Crippen molar-refractivity contribution in [2.24, 2.45) is 5.92 Å². The molecule has 148 valence electrons. The average Bonchev–Trinajstić information content (AvgIpc) is 2.96. The number of hydrogen-bond donors (Lipinski definition) is 0. The van der Waals surface area contributed by atoms with E-state index in [1.807, 2.05) is 4.90 Å². The second-order valence-corrected chi connectivity index (χ2v) is 7.38. The Bertz CT molecular complexity index is 657. The van der Waals surface area contributed by atoms with Crippen LogP contribution in [0.5, 0.6) is 0 Å². The van der Waals surface area contributed by atoms with E-state index in [-0.39, 0.29) is 23.3 Å². The van der Waals surface area contributed by atoms with E-state index in [0.29, 0.717) is 25.9 Å². The predicted molar refractivity (Wildman–Crippen MR) is 95.1 cm³/mol. The normalized spacial score (nSPS) is 19.7. The fourth-order valence-electron chi connectivity index (χ4n) is 3.86. The number of rotatable bonds is 2. The van der Waals surface area contributed by atoms with E-state index in [9.17, 15) is 22.8 Å². The molecule has 0 radical (unpaired) electrons. The minimum Gasteiger partial charge on any atom is -0.342 e. The highest BCUT2D eigenvalue weighted by atomic mass is 19.4. The van der Waals surface area contributed by atoms with Crippen LogP contribution in [0.4, 0.5) is 13.2 Å². The molecular formula is C20H25F3N2O2. The number of amides is 2. The molecule has 2 heterocycles. The van der Waals surface area contributed by atoms with Crippen LogP contribution in [0.1, 0.15) is 54.4 Å². The predicted octanol–water partition coefficient (Wildman–Crippen LogP) is 3.96. The zero-order chi connectivity index (χ0) is 19.4. The molecule has 4 nitrogen and oxygen atoms in total. The maximum Gasteiger partial charge on any atom is 0.416 e. The van der Waals surface area contributed by atoms with Crippen LogP contribution in [0, 0.1) is 5.92 Å². The molecule has 0 N–H and O–H groups in total. The molecule has 3 rings (SSSR count). The maximum atomic E-state index is 12.7. The van der Waals surface area contributed by atoms with Gasteiger partial charge in [-0.1, -0.05) is 12.8 Å². The average molecular weight is 382 g/mol. The van der Waals surface area contributed by atoms with Crippen LogP contribution in [0.15, 0.2) is 24.3 Å². The van der Waals surface area contributed by atoms with Gasteiger partial charge < -0.3 is 9.80 Å². The third kappa shape index (κ3) is 4.82. The van der Waals surface area contributed by atoms with Crippen molar-refractivity contribution in [3.8, 4) is 0 Å². The number of piperidine rings is 1. The molecule has 2 aliphatic rings. The summed E-state index contributed by atoms with van der Waals surface area (Å²) < 4.78 is 37.9. The van der Waals surface area contributed by atoms with E-state index in [1.54, 1.807) is 4.90 Å². The lowest BCUT2D eigenvalue weighted by Gasteiger charge is -2.34. The number of carbonyl (C=O) groups excluding carboxylic acids is 2. The summed E-state index contributed by atoms with van der Waals surface area (Å²) in [5.74, 6) is -0.136. The van der Waals surface area contributed by atoms with Crippen molar-refractivity contribution in [1.82, 2.24) is 9.80 Å². The number of halogens is 3. The monoisotopic (exact) mass is 382 g/mol. The quantitative estimate of drug-likeness (QED) is 0.777. The summed E-state index contributed by atoms with van der Waals surface area (Å²) in [6, 6.07) is 4.31. The Kier molecular flexibility index (Phi) is 6.07. The van der Waals surface area contributed by atoms with Gasteiger partial charge in [-0.3, -0.25) is 9.59 Å². The molecule has 2 fully saturated rings. The highest BCUT2D eigenvalue weighted by molar-refractivity contribution is 5.94. The Labute approximate surface area is 157 Å². The molecule has 0 atom stereocenters. The molecule has 7 heteroatoms. The molecule has 27 heavy (non-hydrogen) atoms. The van der Waals surface area contributed by atoms with Gasteiger partial charge in [-0.05, 0) is 49.9 Å². The Balaban J connectivity index is 1.55. The van der Waals surface area contributed by atoms with E-state index < -0.39 is 11.7 Å². The molecule has 0 saturated carbocycles. The van der Waals surface area contributed by atoms with Crippen LogP contribution in [-0.2, 0) is 11.0 Å². The summed E-state index contributed by atoms with van der Waals surface area (Å²) in [5.41, 5.74) is -0.513. The summed E-state index contributed by atoms with van der Waals surface area (Å²) in [6.07, 6.45) is 1.26. The number of hydrogen-bond acceptors (Lipinski definition) is 2. The first-order valence-corrected chi connectivity index (χ1v) is 9.61. The van der Waals surface area contributed by atoms with Gasteiger partial charge in [-0.25, -0.2) is 0 Å². The van der Waals surface area contributed by atoms with Gasteiger partial charge in [-0.2, -0.15) is 13.2 Å². The Morgan fingerprint density at radius 2 is 1.37 bits per heavy atom. The fourth-order valence-corrected chi connectivity index (χ4v) is 3.86. The Morgan fingerprint density at radius 1 is 0.815 bits per heavy atom. The summed E-state index contributed by atoms with van der Waals surface area (Å²) in [5, 5.41) is 0. The molecule has 1 aromatic carbocycles. The maximum absolute atomic E-state index is 12.7. The molecule has 0 aromatic heterocycles. The first-order chi connectivity index (χ1) is 12.9. The molecule has 0 spiro atoms. The van der Waals surface area contributed by atoms with Crippen molar-refractivity contribution in [3.63, 3.8) is 0 Å². The van der Waals surface area contributed by atoms with Gasteiger partial charge >= 0.3 is 6.18 Å². The molecular weight excluding hydrogens is 357 g/mol. The molecule has 0 unspecified atom stereocenters. The molecule has 0 bridgehead atoms. The van der Waals surface area contributed by atoms with Gasteiger partial charge in [0.15, 0.2) is 0 Å². The molecule has 0 aliphatic carbocycles. The van der Waals surface area contributed by atoms with Crippen LogP contribution in [0.25, 0.3) is 0 Å². The van der Waals surface area contributed by atoms with Gasteiger partial charge in [0.1, 0.15) is 0 Å². The molecule has 1 aromatic rings. The van der Waals surface area contributed by atoms with E-state index in [0.717, 1.165) is 38.1 Å². The summed E-state index contributed by atoms with van der Waals surface area (Å²) in [7, 11) is 0. The van der Waals surface area contributed by atoms with Crippen molar-refractivity contribution in [2.75, 3.05) is 26.2 Å². The second kappa shape index (κ2) is 8.31. The lowest BCUT2D eigenvalue weighted by molar-refractivity contribution is -0.138. The zero-order valence-corrected chi connectivity index (χ0v) is 15.3. The van der Waals surface area contributed by atoms with Crippen LogP contribution in [0.3, 0.4) is 0 Å². The van der Waals surface area contributed by atoms with Crippen LogP contribution in [0.2, 0.25) is 0 Å².